The lowest BCUT2D eigenvalue weighted by Crippen LogP contribution is -2.29. The standard InChI is InChI=1S/C16H19BrFN7O5/c17-10-8-9(4-5-11(10)18)21-16(23-29)14-15(25-30-24-14)20-7-6-19-12(26)2-1-3-13(27)22-28/h4-5,8,28-29H,1-3,6-7H2,(H,19,26)(H,20,25)(H,21,23)(H,22,27). The molecule has 1 heterocycles. The van der Waals surface area contributed by atoms with Crippen LogP contribution in [0.1, 0.15) is 25.0 Å². The van der Waals surface area contributed by atoms with Crippen LogP contribution in [0.3, 0.4) is 0 Å². The Bertz CT molecular complexity index is 908. The van der Waals surface area contributed by atoms with Crippen molar-refractivity contribution in [1.29, 1.82) is 0 Å². The molecule has 30 heavy (non-hydrogen) atoms. The average molecular weight is 488 g/mol. The third-order valence-electron chi connectivity index (χ3n) is 3.63. The van der Waals surface area contributed by atoms with Crippen LogP contribution in [0.5, 0.6) is 0 Å². The van der Waals surface area contributed by atoms with Gasteiger partial charge in [0.05, 0.1) is 10.2 Å². The molecule has 6 N–H and O–H groups in total. The fourth-order valence-corrected chi connectivity index (χ4v) is 2.58. The van der Waals surface area contributed by atoms with Crippen LogP contribution in [0.25, 0.3) is 0 Å². The van der Waals surface area contributed by atoms with E-state index in [1.165, 1.54) is 23.7 Å². The molecule has 0 saturated heterocycles. The second kappa shape index (κ2) is 11.8. The molecule has 2 rings (SSSR count). The van der Waals surface area contributed by atoms with E-state index in [2.05, 4.69) is 46.5 Å². The number of carbonyl (C=O) groups is 2. The van der Waals surface area contributed by atoms with Crippen molar-refractivity contribution >= 4 is 45.1 Å². The Morgan fingerprint density at radius 3 is 2.60 bits per heavy atom. The van der Waals surface area contributed by atoms with Gasteiger partial charge in [0.2, 0.25) is 17.6 Å². The summed E-state index contributed by atoms with van der Waals surface area (Å²) in [6.07, 6.45) is 0.462. The van der Waals surface area contributed by atoms with E-state index in [0.717, 1.165) is 0 Å². The maximum Gasteiger partial charge on any atom is 0.243 e. The first-order valence-electron chi connectivity index (χ1n) is 8.65. The van der Waals surface area contributed by atoms with Crippen LogP contribution >= 0.6 is 15.9 Å². The largest absolute Gasteiger partial charge is 0.363 e. The number of nitrogens with zero attached hydrogens (tertiary/aromatic N) is 3. The van der Waals surface area contributed by atoms with Crippen molar-refractivity contribution in [2.45, 2.75) is 19.3 Å². The molecule has 0 atom stereocenters. The second-order valence-corrected chi connectivity index (χ2v) is 6.65. The SMILES string of the molecule is O=C(CCCC(=O)NCCNc1nonc1C(=Nc1ccc(F)c(Br)c1)NO)NO. The highest BCUT2D eigenvalue weighted by Gasteiger charge is 2.16. The number of hydrogen-bond acceptors (Lipinski definition) is 9. The Labute approximate surface area is 177 Å². The number of amides is 2. The molecular weight excluding hydrogens is 469 g/mol. The molecule has 2 amide bonds. The third-order valence-corrected chi connectivity index (χ3v) is 4.24. The van der Waals surface area contributed by atoms with Crippen LogP contribution in [-0.2, 0) is 9.59 Å². The van der Waals surface area contributed by atoms with Gasteiger partial charge in [-0.2, -0.15) is 0 Å². The third kappa shape index (κ3) is 7.06. The van der Waals surface area contributed by atoms with Gasteiger partial charge in [0, 0.05) is 25.9 Å². The summed E-state index contributed by atoms with van der Waals surface area (Å²) in [7, 11) is 0. The average Bonchev–Trinajstić information content (AvgIpc) is 3.20. The molecule has 1 aromatic heterocycles. The highest BCUT2D eigenvalue weighted by atomic mass is 79.9. The monoisotopic (exact) mass is 487 g/mol. The molecule has 12 nitrogen and oxygen atoms in total. The lowest BCUT2D eigenvalue weighted by molar-refractivity contribution is -0.129. The van der Waals surface area contributed by atoms with Crippen molar-refractivity contribution in [2.75, 3.05) is 18.4 Å². The molecule has 0 bridgehead atoms. The zero-order chi connectivity index (χ0) is 21.9. The molecule has 0 aliphatic carbocycles. The van der Waals surface area contributed by atoms with Crippen molar-refractivity contribution in [3.63, 3.8) is 0 Å². The minimum Gasteiger partial charge on any atom is -0.363 e. The minimum atomic E-state index is -0.557. The fourth-order valence-electron chi connectivity index (χ4n) is 2.21. The Morgan fingerprint density at radius 2 is 1.90 bits per heavy atom. The van der Waals surface area contributed by atoms with Gasteiger partial charge < -0.3 is 10.6 Å². The Hall–Kier alpha value is -3.10. The number of aromatic nitrogens is 2. The summed E-state index contributed by atoms with van der Waals surface area (Å²) in [6.45, 7) is 0.492. The molecule has 0 radical (unpaired) electrons. The number of halogens is 2. The first kappa shape index (κ1) is 23.2. The summed E-state index contributed by atoms with van der Waals surface area (Å²) in [4.78, 5) is 26.7. The predicted molar refractivity (Wildman–Crippen MR) is 105 cm³/mol. The number of nitrogens with one attached hydrogen (secondary N) is 4. The summed E-state index contributed by atoms with van der Waals surface area (Å²) < 4.78 is 18.2. The van der Waals surface area contributed by atoms with E-state index in [-0.39, 0.29) is 53.7 Å². The Kier molecular flexibility index (Phi) is 9.11. The van der Waals surface area contributed by atoms with Crippen LogP contribution < -0.4 is 21.6 Å². The molecule has 1 aromatic carbocycles. The molecule has 14 heteroatoms. The summed E-state index contributed by atoms with van der Waals surface area (Å²) >= 11 is 3.05. The van der Waals surface area contributed by atoms with E-state index in [9.17, 15) is 19.2 Å². The van der Waals surface area contributed by atoms with Gasteiger partial charge in [-0.3, -0.25) is 25.5 Å². The Balaban J connectivity index is 1.88. The molecule has 0 fully saturated rings. The van der Waals surface area contributed by atoms with Gasteiger partial charge in [0.15, 0.2) is 11.5 Å². The van der Waals surface area contributed by atoms with Gasteiger partial charge in [-0.25, -0.2) is 19.5 Å². The molecule has 162 valence electrons. The first-order valence-corrected chi connectivity index (χ1v) is 9.44. The topological polar surface area (TPSA) is 174 Å². The van der Waals surface area contributed by atoms with Gasteiger partial charge in [0.25, 0.3) is 0 Å². The van der Waals surface area contributed by atoms with Crippen LogP contribution in [0, 0.1) is 5.82 Å². The van der Waals surface area contributed by atoms with Gasteiger partial charge in [-0.1, -0.05) is 0 Å². The molecule has 0 aliphatic rings. The summed E-state index contributed by atoms with van der Waals surface area (Å²) in [6, 6.07) is 4.02. The van der Waals surface area contributed by atoms with Crippen molar-refractivity contribution in [3.05, 3.63) is 34.2 Å². The van der Waals surface area contributed by atoms with Crippen molar-refractivity contribution in [1.82, 2.24) is 26.6 Å². The van der Waals surface area contributed by atoms with Crippen LogP contribution in [-0.4, -0.2) is 51.5 Å². The Morgan fingerprint density at radius 1 is 1.13 bits per heavy atom. The van der Waals surface area contributed by atoms with Crippen LogP contribution in [0.4, 0.5) is 15.9 Å². The number of hydroxylamine groups is 2. The molecule has 0 aliphatic heterocycles. The number of carbonyl (C=O) groups excluding carboxylic acids is 2. The summed E-state index contributed by atoms with van der Waals surface area (Å²) in [5.74, 6) is -1.22. The number of rotatable bonds is 10. The zero-order valence-corrected chi connectivity index (χ0v) is 17.1. The minimum absolute atomic E-state index is 0.0387. The highest BCUT2D eigenvalue weighted by Crippen LogP contribution is 2.23. The number of aliphatic imine (C=N–C) groups is 1. The number of anilines is 1. The number of hydrogen-bond donors (Lipinski definition) is 6. The van der Waals surface area contributed by atoms with Crippen LogP contribution in [0.2, 0.25) is 0 Å². The number of amidine groups is 1. The first-order chi connectivity index (χ1) is 14.4. The lowest BCUT2D eigenvalue weighted by atomic mass is 10.2. The summed E-state index contributed by atoms with van der Waals surface area (Å²) in [5, 5.41) is 30.6. The number of benzene rings is 1. The molecule has 0 spiro atoms. The second-order valence-electron chi connectivity index (χ2n) is 5.80. The van der Waals surface area contributed by atoms with Crippen LogP contribution in [0.15, 0.2) is 32.3 Å². The van der Waals surface area contributed by atoms with Gasteiger partial charge in [-0.05, 0) is 50.9 Å². The molecule has 2 aromatic rings. The zero-order valence-electron chi connectivity index (χ0n) is 15.5. The van der Waals surface area contributed by atoms with Crippen molar-refractivity contribution in [2.24, 2.45) is 4.99 Å². The van der Waals surface area contributed by atoms with E-state index in [4.69, 9.17) is 5.21 Å². The van der Waals surface area contributed by atoms with Gasteiger partial charge >= 0.3 is 0 Å². The smallest absolute Gasteiger partial charge is 0.243 e. The molecular formula is C16H19BrFN7O5. The molecule has 0 unspecified atom stereocenters. The van der Waals surface area contributed by atoms with E-state index in [0.29, 0.717) is 12.1 Å². The fraction of sp³-hybridized carbons (Fsp3) is 0.312. The van der Waals surface area contributed by atoms with Gasteiger partial charge in [0.1, 0.15) is 5.82 Å². The maximum absolute atomic E-state index is 13.3. The maximum atomic E-state index is 13.3. The van der Waals surface area contributed by atoms with Crippen molar-refractivity contribution < 1.29 is 29.0 Å². The van der Waals surface area contributed by atoms with Gasteiger partial charge in [-0.15, -0.1) is 0 Å². The summed E-state index contributed by atoms with van der Waals surface area (Å²) in [5.41, 5.74) is 3.78. The lowest BCUT2D eigenvalue weighted by Gasteiger charge is -2.07. The van der Waals surface area contributed by atoms with E-state index < -0.39 is 11.7 Å². The predicted octanol–water partition coefficient (Wildman–Crippen LogP) is 1.23. The van der Waals surface area contributed by atoms with E-state index in [1.54, 1.807) is 0 Å². The normalized spacial score (nSPS) is 11.1. The van der Waals surface area contributed by atoms with E-state index >= 15 is 0 Å². The van der Waals surface area contributed by atoms with Crippen molar-refractivity contribution in [3.8, 4) is 0 Å². The highest BCUT2D eigenvalue weighted by molar-refractivity contribution is 9.10. The van der Waals surface area contributed by atoms with E-state index in [1.807, 2.05) is 5.48 Å². The molecule has 0 saturated carbocycles. The quantitative estimate of drug-likeness (QED) is 0.0945.